The number of nitrogens with zero attached hydrogens (tertiary/aromatic N) is 2. The number of benzene rings is 1. The zero-order valence-electron chi connectivity index (χ0n) is 14.8. The van der Waals surface area contributed by atoms with Gasteiger partial charge in [-0.2, -0.15) is 0 Å². The molecule has 0 aliphatic carbocycles. The van der Waals surface area contributed by atoms with Gasteiger partial charge < -0.3 is 14.5 Å². The maximum absolute atomic E-state index is 12.4. The third-order valence-corrected chi connectivity index (χ3v) is 4.42. The maximum Gasteiger partial charge on any atom is 0.238 e. The smallest absolute Gasteiger partial charge is 0.238 e. The Kier molecular flexibility index (Phi) is 5.73. The number of carbonyl (C=O) groups excluding carboxylic acids is 1. The summed E-state index contributed by atoms with van der Waals surface area (Å²) in [5, 5.41) is 2.96. The summed E-state index contributed by atoms with van der Waals surface area (Å²) in [6.45, 7) is 6.83. The standard InChI is InChI=1S/C19H25N3O3/c1-15-5-6-18(24-2)17(12-15)20-19(23)14-22-9-7-21(8-10-22)13-16-4-3-11-25-16/h3-6,11-12H,7-10,13-14H2,1-2H3,(H,20,23). The van der Waals surface area contributed by atoms with Gasteiger partial charge in [0.25, 0.3) is 0 Å². The van der Waals surface area contributed by atoms with Crippen LogP contribution in [0.25, 0.3) is 0 Å². The molecule has 1 amide bonds. The van der Waals surface area contributed by atoms with Crippen molar-refractivity contribution in [3.63, 3.8) is 0 Å². The summed E-state index contributed by atoms with van der Waals surface area (Å²) in [5.74, 6) is 1.66. The molecule has 0 saturated carbocycles. The van der Waals surface area contributed by atoms with Crippen LogP contribution in [-0.2, 0) is 11.3 Å². The molecule has 1 aliphatic heterocycles. The molecule has 0 atom stereocenters. The van der Waals surface area contributed by atoms with Crippen molar-refractivity contribution >= 4 is 11.6 Å². The van der Waals surface area contributed by atoms with Crippen LogP contribution in [0.4, 0.5) is 5.69 Å². The van der Waals surface area contributed by atoms with Gasteiger partial charge in [0.2, 0.25) is 5.91 Å². The van der Waals surface area contributed by atoms with E-state index < -0.39 is 0 Å². The maximum atomic E-state index is 12.4. The molecular weight excluding hydrogens is 318 g/mol. The summed E-state index contributed by atoms with van der Waals surface area (Å²) in [4.78, 5) is 16.9. The number of rotatable bonds is 6. The first-order valence-corrected chi connectivity index (χ1v) is 8.55. The Morgan fingerprint density at radius 1 is 1.20 bits per heavy atom. The Morgan fingerprint density at radius 3 is 2.64 bits per heavy atom. The van der Waals surface area contributed by atoms with Gasteiger partial charge in [0, 0.05) is 26.2 Å². The second-order valence-corrected chi connectivity index (χ2v) is 6.38. The average Bonchev–Trinajstić information content (AvgIpc) is 3.10. The van der Waals surface area contributed by atoms with Crippen LogP contribution < -0.4 is 10.1 Å². The van der Waals surface area contributed by atoms with Crippen LogP contribution in [0.5, 0.6) is 5.75 Å². The monoisotopic (exact) mass is 343 g/mol. The van der Waals surface area contributed by atoms with Crippen LogP contribution >= 0.6 is 0 Å². The second-order valence-electron chi connectivity index (χ2n) is 6.38. The van der Waals surface area contributed by atoms with Crippen LogP contribution in [0.15, 0.2) is 41.0 Å². The minimum Gasteiger partial charge on any atom is -0.495 e. The highest BCUT2D eigenvalue weighted by Gasteiger charge is 2.20. The normalized spacial score (nSPS) is 15.9. The first-order chi connectivity index (χ1) is 12.1. The number of piperazine rings is 1. The lowest BCUT2D eigenvalue weighted by Crippen LogP contribution is -2.48. The summed E-state index contributed by atoms with van der Waals surface area (Å²) in [6, 6.07) is 9.67. The molecule has 0 radical (unpaired) electrons. The molecule has 6 nitrogen and oxygen atoms in total. The third-order valence-electron chi connectivity index (χ3n) is 4.42. The molecule has 134 valence electrons. The van der Waals surface area contributed by atoms with Crippen LogP contribution in [0.2, 0.25) is 0 Å². The van der Waals surface area contributed by atoms with E-state index in [4.69, 9.17) is 9.15 Å². The highest BCUT2D eigenvalue weighted by atomic mass is 16.5. The molecule has 0 unspecified atom stereocenters. The highest BCUT2D eigenvalue weighted by molar-refractivity contribution is 5.93. The number of methoxy groups -OCH3 is 1. The van der Waals surface area contributed by atoms with Crippen LogP contribution in [0.1, 0.15) is 11.3 Å². The quantitative estimate of drug-likeness (QED) is 0.872. The van der Waals surface area contributed by atoms with Gasteiger partial charge in [0.05, 0.1) is 32.1 Å². The first kappa shape index (κ1) is 17.5. The molecule has 25 heavy (non-hydrogen) atoms. The lowest BCUT2D eigenvalue weighted by Gasteiger charge is -2.33. The van der Waals surface area contributed by atoms with Gasteiger partial charge in [-0.3, -0.25) is 14.6 Å². The van der Waals surface area contributed by atoms with E-state index in [0.717, 1.165) is 49.7 Å². The summed E-state index contributed by atoms with van der Waals surface area (Å²) in [5.41, 5.74) is 1.81. The van der Waals surface area contributed by atoms with Gasteiger partial charge in [0.1, 0.15) is 11.5 Å². The molecule has 1 aromatic carbocycles. The molecule has 3 rings (SSSR count). The predicted octanol–water partition coefficient (Wildman–Crippen LogP) is 2.35. The van der Waals surface area contributed by atoms with Gasteiger partial charge in [-0.05, 0) is 36.8 Å². The van der Waals surface area contributed by atoms with Gasteiger partial charge in [-0.15, -0.1) is 0 Å². The van der Waals surface area contributed by atoms with E-state index in [-0.39, 0.29) is 5.91 Å². The summed E-state index contributed by atoms with van der Waals surface area (Å²) >= 11 is 0. The number of hydrogen-bond donors (Lipinski definition) is 1. The molecule has 2 heterocycles. The third kappa shape index (κ3) is 4.84. The van der Waals surface area contributed by atoms with Crippen molar-refractivity contribution in [2.75, 3.05) is 45.2 Å². The fraction of sp³-hybridized carbons (Fsp3) is 0.421. The number of hydrogen-bond acceptors (Lipinski definition) is 5. The number of furan rings is 1. The Hall–Kier alpha value is -2.31. The summed E-state index contributed by atoms with van der Waals surface area (Å²) in [7, 11) is 1.61. The topological polar surface area (TPSA) is 58.0 Å². The molecular formula is C19H25N3O3. The van der Waals surface area contributed by atoms with E-state index in [2.05, 4.69) is 15.1 Å². The number of nitrogens with one attached hydrogen (secondary N) is 1. The fourth-order valence-corrected chi connectivity index (χ4v) is 3.04. The van der Waals surface area contributed by atoms with Gasteiger partial charge >= 0.3 is 0 Å². The molecule has 1 saturated heterocycles. The molecule has 1 aliphatic rings. The summed E-state index contributed by atoms with van der Waals surface area (Å²) < 4.78 is 10.7. The van der Waals surface area contributed by atoms with Gasteiger partial charge in [-0.25, -0.2) is 0 Å². The van der Waals surface area contributed by atoms with Crippen LogP contribution in [0.3, 0.4) is 0 Å². The van der Waals surface area contributed by atoms with E-state index in [9.17, 15) is 4.79 Å². The first-order valence-electron chi connectivity index (χ1n) is 8.55. The highest BCUT2D eigenvalue weighted by Crippen LogP contribution is 2.25. The lowest BCUT2D eigenvalue weighted by molar-refractivity contribution is -0.117. The minimum absolute atomic E-state index is 0.0108. The van der Waals surface area contributed by atoms with E-state index in [0.29, 0.717) is 12.3 Å². The van der Waals surface area contributed by atoms with Crippen molar-refractivity contribution in [1.82, 2.24) is 9.80 Å². The SMILES string of the molecule is COc1ccc(C)cc1NC(=O)CN1CCN(Cc2ccco2)CC1. The molecule has 2 aromatic rings. The predicted molar refractivity (Wildman–Crippen MR) is 96.8 cm³/mol. The van der Waals surface area contributed by atoms with Gasteiger partial charge in [-0.1, -0.05) is 6.07 Å². The Bertz CT molecular complexity index is 692. The van der Waals surface area contributed by atoms with Crippen molar-refractivity contribution in [3.8, 4) is 5.75 Å². The van der Waals surface area contributed by atoms with Crippen molar-refractivity contribution in [2.45, 2.75) is 13.5 Å². The van der Waals surface area contributed by atoms with Crippen molar-refractivity contribution in [1.29, 1.82) is 0 Å². The fourth-order valence-electron chi connectivity index (χ4n) is 3.04. The number of amides is 1. The number of anilines is 1. The van der Waals surface area contributed by atoms with E-state index in [1.165, 1.54) is 0 Å². The Morgan fingerprint density at radius 2 is 1.96 bits per heavy atom. The van der Waals surface area contributed by atoms with Gasteiger partial charge in [0.15, 0.2) is 0 Å². The molecule has 1 fully saturated rings. The second kappa shape index (κ2) is 8.18. The largest absolute Gasteiger partial charge is 0.495 e. The Labute approximate surface area is 148 Å². The molecule has 6 heteroatoms. The van der Waals surface area contributed by atoms with E-state index in [1.54, 1.807) is 13.4 Å². The van der Waals surface area contributed by atoms with Crippen molar-refractivity contribution in [3.05, 3.63) is 47.9 Å². The lowest BCUT2D eigenvalue weighted by atomic mass is 10.2. The number of carbonyl (C=O) groups is 1. The van der Waals surface area contributed by atoms with E-state index in [1.807, 2.05) is 37.3 Å². The average molecular weight is 343 g/mol. The van der Waals surface area contributed by atoms with Crippen molar-refractivity contribution < 1.29 is 13.9 Å². The molecule has 1 aromatic heterocycles. The number of aryl methyl sites for hydroxylation is 1. The van der Waals surface area contributed by atoms with E-state index >= 15 is 0 Å². The van der Waals surface area contributed by atoms with Crippen molar-refractivity contribution in [2.24, 2.45) is 0 Å². The van der Waals surface area contributed by atoms with Crippen LogP contribution in [-0.4, -0.2) is 55.5 Å². The Balaban J connectivity index is 1.47. The van der Waals surface area contributed by atoms with Crippen LogP contribution in [0, 0.1) is 6.92 Å². The molecule has 0 spiro atoms. The minimum atomic E-state index is -0.0108. The summed E-state index contributed by atoms with van der Waals surface area (Å²) in [6.07, 6.45) is 1.70. The molecule has 0 bridgehead atoms. The zero-order valence-corrected chi connectivity index (χ0v) is 14.8. The number of ether oxygens (including phenoxy) is 1. The molecule has 1 N–H and O–H groups in total. The zero-order chi connectivity index (χ0) is 17.6.